The molecule has 4 N–H and O–H groups in total. The van der Waals surface area contributed by atoms with Crippen LogP contribution in [0.2, 0.25) is 0 Å². The predicted molar refractivity (Wildman–Crippen MR) is 123 cm³/mol. The van der Waals surface area contributed by atoms with Crippen molar-refractivity contribution in [2.45, 2.75) is 32.8 Å². The summed E-state index contributed by atoms with van der Waals surface area (Å²) in [6, 6.07) is 4.76. The van der Waals surface area contributed by atoms with Crippen LogP contribution in [0, 0.1) is 17.0 Å². The van der Waals surface area contributed by atoms with E-state index < -0.39 is 34.6 Å². The van der Waals surface area contributed by atoms with Crippen molar-refractivity contribution < 1.29 is 27.8 Å². The van der Waals surface area contributed by atoms with E-state index in [1.165, 1.54) is 24.4 Å². The van der Waals surface area contributed by atoms with Crippen molar-refractivity contribution in [2.24, 2.45) is 0 Å². The Bertz CT molecular complexity index is 1150. The van der Waals surface area contributed by atoms with Crippen molar-refractivity contribution in [1.29, 1.82) is 5.41 Å². The maximum atomic E-state index is 14.5. The Kier molecular flexibility index (Phi) is 7.19. The molecule has 0 bridgehead atoms. The van der Waals surface area contributed by atoms with Crippen LogP contribution >= 0.6 is 0 Å². The molecule has 180 valence electrons. The van der Waals surface area contributed by atoms with E-state index in [2.05, 4.69) is 16.0 Å². The molecule has 0 fully saturated rings. The summed E-state index contributed by atoms with van der Waals surface area (Å²) in [4.78, 5) is 24.6. The minimum Gasteiger partial charge on any atom is -0.487 e. The molecule has 2 amide bonds. The SMILES string of the molecule is CCNC(=O)c1c(F)cc(Oc2cc(C(=O)NC(=N)/C=C\NC)cc3c2CC(C)(C)O3)cc1F. The van der Waals surface area contributed by atoms with E-state index in [9.17, 15) is 18.4 Å². The highest BCUT2D eigenvalue weighted by Crippen LogP contribution is 2.43. The molecule has 0 saturated carbocycles. The van der Waals surface area contributed by atoms with E-state index >= 15 is 0 Å². The lowest BCUT2D eigenvalue weighted by Gasteiger charge is -2.16. The average Bonchev–Trinajstić information content (AvgIpc) is 3.06. The fourth-order valence-electron chi connectivity index (χ4n) is 3.47. The molecule has 1 aliphatic heterocycles. The Hall–Kier alpha value is -3.95. The van der Waals surface area contributed by atoms with Crippen molar-refractivity contribution >= 4 is 17.6 Å². The molecule has 34 heavy (non-hydrogen) atoms. The van der Waals surface area contributed by atoms with E-state index in [0.717, 1.165) is 12.1 Å². The summed E-state index contributed by atoms with van der Waals surface area (Å²) in [6.07, 6.45) is 3.28. The Morgan fingerprint density at radius 2 is 1.85 bits per heavy atom. The van der Waals surface area contributed by atoms with Crippen molar-refractivity contribution in [2.75, 3.05) is 13.6 Å². The Labute approximate surface area is 195 Å². The van der Waals surface area contributed by atoms with Gasteiger partial charge in [0.2, 0.25) is 0 Å². The summed E-state index contributed by atoms with van der Waals surface area (Å²) in [5.74, 6) is -3.37. The fourth-order valence-corrected chi connectivity index (χ4v) is 3.47. The molecule has 0 spiro atoms. The lowest BCUT2D eigenvalue weighted by Crippen LogP contribution is -2.28. The van der Waals surface area contributed by atoms with Crippen LogP contribution in [0.3, 0.4) is 0 Å². The highest BCUT2D eigenvalue weighted by atomic mass is 19.1. The summed E-state index contributed by atoms with van der Waals surface area (Å²) >= 11 is 0. The van der Waals surface area contributed by atoms with Gasteiger partial charge in [0.1, 0.15) is 45.9 Å². The quantitative estimate of drug-likeness (QED) is 0.363. The maximum Gasteiger partial charge on any atom is 0.257 e. The summed E-state index contributed by atoms with van der Waals surface area (Å²) in [6.45, 7) is 5.57. The zero-order valence-corrected chi connectivity index (χ0v) is 19.3. The third-order valence-electron chi connectivity index (χ3n) is 4.89. The van der Waals surface area contributed by atoms with Gasteiger partial charge < -0.3 is 25.4 Å². The minimum atomic E-state index is -1.08. The van der Waals surface area contributed by atoms with Gasteiger partial charge in [0, 0.05) is 43.3 Å². The molecule has 1 heterocycles. The van der Waals surface area contributed by atoms with Crippen molar-refractivity contribution in [3.8, 4) is 17.2 Å². The Balaban J connectivity index is 1.97. The topological polar surface area (TPSA) is 113 Å². The number of fused-ring (bicyclic) bond motifs is 1. The number of hydrogen-bond donors (Lipinski definition) is 4. The first kappa shape index (κ1) is 24.7. The van der Waals surface area contributed by atoms with Crippen molar-refractivity contribution in [3.05, 3.63) is 64.9 Å². The highest BCUT2D eigenvalue weighted by molar-refractivity contribution is 6.09. The van der Waals surface area contributed by atoms with Crippen LogP contribution in [0.15, 0.2) is 36.5 Å². The highest BCUT2D eigenvalue weighted by Gasteiger charge is 2.34. The first-order valence-electron chi connectivity index (χ1n) is 10.6. The molecular weight excluding hydrogens is 446 g/mol. The second-order valence-electron chi connectivity index (χ2n) is 8.20. The predicted octanol–water partition coefficient (Wildman–Crippen LogP) is 3.66. The Morgan fingerprint density at radius 3 is 2.47 bits per heavy atom. The van der Waals surface area contributed by atoms with Crippen molar-refractivity contribution in [1.82, 2.24) is 16.0 Å². The number of amidine groups is 1. The smallest absolute Gasteiger partial charge is 0.257 e. The number of amides is 2. The normalized spacial score (nSPS) is 13.7. The van der Waals surface area contributed by atoms with E-state index in [0.29, 0.717) is 17.7 Å². The monoisotopic (exact) mass is 472 g/mol. The van der Waals surface area contributed by atoms with Crippen LogP contribution in [0.4, 0.5) is 8.78 Å². The van der Waals surface area contributed by atoms with Crippen LogP contribution < -0.4 is 25.4 Å². The second-order valence-corrected chi connectivity index (χ2v) is 8.20. The van der Waals surface area contributed by atoms with Gasteiger partial charge in [0.15, 0.2) is 0 Å². The van der Waals surface area contributed by atoms with Gasteiger partial charge in [-0.25, -0.2) is 8.78 Å². The van der Waals surface area contributed by atoms with Gasteiger partial charge in [-0.15, -0.1) is 0 Å². The standard InChI is InChI=1S/C24H26F2N4O4/c1-5-29-23(32)21-16(25)10-14(11-17(21)26)33-18-8-13(22(31)30-20(27)6-7-28-4)9-19-15(18)12-24(2,3)34-19/h6-11,28H,5,12H2,1-4H3,(H,29,32)(H2,27,30,31)/b7-6-. The second kappa shape index (κ2) is 9.90. The molecule has 2 aromatic carbocycles. The minimum absolute atomic E-state index is 0.133. The third-order valence-corrected chi connectivity index (χ3v) is 4.89. The van der Waals surface area contributed by atoms with Gasteiger partial charge in [-0.05, 0) is 45.2 Å². The molecule has 0 aromatic heterocycles. The van der Waals surface area contributed by atoms with E-state index in [1.54, 1.807) is 14.0 Å². The summed E-state index contributed by atoms with van der Waals surface area (Å²) in [5.41, 5.74) is -0.532. The zero-order chi connectivity index (χ0) is 25.0. The molecule has 2 aromatic rings. The van der Waals surface area contributed by atoms with Crippen molar-refractivity contribution in [3.63, 3.8) is 0 Å². The zero-order valence-electron chi connectivity index (χ0n) is 19.3. The molecule has 0 aliphatic carbocycles. The Morgan fingerprint density at radius 1 is 1.18 bits per heavy atom. The molecule has 0 saturated heterocycles. The van der Waals surface area contributed by atoms with E-state index in [-0.39, 0.29) is 29.4 Å². The molecule has 3 rings (SSSR count). The fraction of sp³-hybridized carbons (Fsp3) is 0.292. The molecule has 0 radical (unpaired) electrons. The molecule has 0 unspecified atom stereocenters. The van der Waals surface area contributed by atoms with E-state index in [1.807, 2.05) is 13.8 Å². The van der Waals surface area contributed by atoms with Crippen LogP contribution in [-0.4, -0.2) is 36.8 Å². The lowest BCUT2D eigenvalue weighted by atomic mass is 9.99. The van der Waals surface area contributed by atoms with Gasteiger partial charge in [0.05, 0.1) is 0 Å². The number of nitrogens with one attached hydrogen (secondary N) is 4. The summed E-state index contributed by atoms with van der Waals surface area (Å²) in [7, 11) is 1.66. The first-order chi connectivity index (χ1) is 16.0. The number of halogens is 2. The molecule has 1 aliphatic rings. The van der Waals surface area contributed by atoms with Gasteiger partial charge in [0.25, 0.3) is 11.8 Å². The van der Waals surface area contributed by atoms with Crippen LogP contribution in [-0.2, 0) is 6.42 Å². The third kappa shape index (κ3) is 5.51. The molecule has 0 atom stereocenters. The number of benzene rings is 2. The largest absolute Gasteiger partial charge is 0.487 e. The number of rotatable bonds is 7. The van der Waals surface area contributed by atoms with Gasteiger partial charge in [-0.3, -0.25) is 15.0 Å². The van der Waals surface area contributed by atoms with Crippen LogP contribution in [0.1, 0.15) is 47.1 Å². The van der Waals surface area contributed by atoms with Gasteiger partial charge in [-0.1, -0.05) is 0 Å². The van der Waals surface area contributed by atoms with Crippen LogP contribution in [0.5, 0.6) is 17.2 Å². The molecule has 8 nitrogen and oxygen atoms in total. The number of carbonyl (C=O) groups excluding carboxylic acids is 2. The lowest BCUT2D eigenvalue weighted by molar-refractivity contribution is 0.0945. The molecule has 10 heteroatoms. The van der Waals surface area contributed by atoms with Gasteiger partial charge >= 0.3 is 0 Å². The summed E-state index contributed by atoms with van der Waals surface area (Å²) in [5, 5.41) is 15.3. The van der Waals surface area contributed by atoms with Gasteiger partial charge in [-0.2, -0.15) is 0 Å². The summed E-state index contributed by atoms with van der Waals surface area (Å²) < 4.78 is 40.8. The first-order valence-corrected chi connectivity index (χ1v) is 10.6. The molecular formula is C24H26F2N4O4. The number of hydrogen-bond acceptors (Lipinski definition) is 6. The number of ether oxygens (including phenoxy) is 2. The maximum absolute atomic E-state index is 14.5. The average molecular weight is 472 g/mol. The van der Waals surface area contributed by atoms with E-state index in [4.69, 9.17) is 14.9 Å². The van der Waals surface area contributed by atoms with Crippen LogP contribution in [0.25, 0.3) is 0 Å². The number of carbonyl (C=O) groups is 2.